The highest BCUT2D eigenvalue weighted by Gasteiger charge is 2.18. The molecular weight excluding hydrogens is 398 g/mol. The molecule has 0 spiro atoms. The van der Waals surface area contributed by atoms with Crippen LogP contribution in [0.2, 0.25) is 0 Å². The van der Waals surface area contributed by atoms with E-state index in [9.17, 15) is 14.9 Å². The van der Waals surface area contributed by atoms with Gasteiger partial charge in [0.2, 0.25) is 0 Å². The molecule has 7 heteroatoms. The summed E-state index contributed by atoms with van der Waals surface area (Å²) in [5.41, 5.74) is 3.67. The summed E-state index contributed by atoms with van der Waals surface area (Å²) in [4.78, 5) is 27.7. The molecule has 0 saturated carbocycles. The first kappa shape index (κ1) is 19.5. The number of thiazole rings is 1. The zero-order valence-electron chi connectivity index (χ0n) is 15.8. The van der Waals surface area contributed by atoms with Crippen LogP contribution in [0.25, 0.3) is 21.8 Å². The molecular formula is C23H17N3O3S. The van der Waals surface area contributed by atoms with Crippen molar-refractivity contribution in [1.82, 2.24) is 10.3 Å². The Morgan fingerprint density at radius 1 is 0.967 bits per heavy atom. The van der Waals surface area contributed by atoms with E-state index in [0.717, 1.165) is 27.4 Å². The molecule has 1 N–H and O–H groups in total. The molecule has 30 heavy (non-hydrogen) atoms. The van der Waals surface area contributed by atoms with Crippen LogP contribution in [0.1, 0.15) is 15.9 Å². The van der Waals surface area contributed by atoms with E-state index in [1.807, 2.05) is 60.0 Å². The molecule has 0 aliphatic carbocycles. The lowest BCUT2D eigenvalue weighted by Crippen LogP contribution is -2.23. The molecule has 4 aromatic rings. The summed E-state index contributed by atoms with van der Waals surface area (Å²) in [6, 6.07) is 23.6. The number of carbonyl (C=O) groups is 1. The van der Waals surface area contributed by atoms with Crippen LogP contribution >= 0.6 is 11.3 Å². The van der Waals surface area contributed by atoms with E-state index in [4.69, 9.17) is 4.98 Å². The van der Waals surface area contributed by atoms with Gasteiger partial charge in [-0.15, -0.1) is 11.3 Å². The second kappa shape index (κ2) is 8.67. The highest BCUT2D eigenvalue weighted by molar-refractivity contribution is 7.13. The van der Waals surface area contributed by atoms with Gasteiger partial charge >= 0.3 is 0 Å². The number of aromatic nitrogens is 1. The van der Waals surface area contributed by atoms with Crippen LogP contribution in [0, 0.1) is 10.1 Å². The maximum Gasteiger partial charge on any atom is 0.282 e. The van der Waals surface area contributed by atoms with Crippen molar-refractivity contribution in [3.05, 3.63) is 105 Å². The molecule has 0 fully saturated rings. The number of amides is 1. The maximum absolute atomic E-state index is 12.4. The first-order valence-electron chi connectivity index (χ1n) is 9.24. The summed E-state index contributed by atoms with van der Waals surface area (Å²) in [7, 11) is 0. The van der Waals surface area contributed by atoms with Gasteiger partial charge in [0, 0.05) is 29.1 Å². The summed E-state index contributed by atoms with van der Waals surface area (Å²) in [6.07, 6.45) is 0. The van der Waals surface area contributed by atoms with Gasteiger partial charge in [-0.1, -0.05) is 60.7 Å². The summed E-state index contributed by atoms with van der Waals surface area (Å²) in [5, 5.41) is 16.8. The fraction of sp³-hybridized carbons (Fsp3) is 0.0435. The lowest BCUT2D eigenvalue weighted by Gasteiger charge is -2.07. The number of hydrogen-bond donors (Lipinski definition) is 1. The van der Waals surface area contributed by atoms with Gasteiger partial charge in [-0.05, 0) is 17.7 Å². The smallest absolute Gasteiger partial charge is 0.282 e. The Morgan fingerprint density at radius 2 is 1.70 bits per heavy atom. The van der Waals surface area contributed by atoms with Crippen LogP contribution < -0.4 is 5.32 Å². The van der Waals surface area contributed by atoms with E-state index < -0.39 is 10.8 Å². The van der Waals surface area contributed by atoms with Gasteiger partial charge in [0.25, 0.3) is 11.6 Å². The summed E-state index contributed by atoms with van der Waals surface area (Å²) >= 11 is 1.56. The minimum absolute atomic E-state index is 0.0473. The van der Waals surface area contributed by atoms with Gasteiger partial charge in [0.15, 0.2) is 0 Å². The molecule has 0 radical (unpaired) electrons. The predicted octanol–water partition coefficient (Wildman–Crippen LogP) is 5.32. The number of carbonyl (C=O) groups excluding carboxylic acids is 1. The highest BCUT2D eigenvalue weighted by Crippen LogP contribution is 2.29. The van der Waals surface area contributed by atoms with Gasteiger partial charge in [-0.25, -0.2) is 4.98 Å². The highest BCUT2D eigenvalue weighted by atomic mass is 32.1. The molecule has 1 aromatic heterocycles. The molecule has 1 amide bonds. The van der Waals surface area contributed by atoms with Gasteiger partial charge in [0.05, 0.1) is 10.6 Å². The average Bonchev–Trinajstić information content (AvgIpc) is 3.29. The van der Waals surface area contributed by atoms with E-state index in [2.05, 4.69) is 5.32 Å². The van der Waals surface area contributed by atoms with E-state index in [0.29, 0.717) is 0 Å². The number of para-hydroxylation sites is 1. The third-order valence-electron chi connectivity index (χ3n) is 4.55. The topological polar surface area (TPSA) is 85.1 Å². The van der Waals surface area contributed by atoms with Crippen LogP contribution in [-0.4, -0.2) is 15.8 Å². The second-order valence-corrected chi connectivity index (χ2v) is 7.42. The minimum atomic E-state index is -0.553. The van der Waals surface area contributed by atoms with Crippen LogP contribution in [-0.2, 0) is 6.54 Å². The molecule has 148 valence electrons. The SMILES string of the molecule is O=C(NCc1cccc(-c2nc(-c3ccccc3)cs2)c1)c1ccccc1[N+](=O)[O-]. The molecule has 0 saturated heterocycles. The summed E-state index contributed by atoms with van der Waals surface area (Å²) in [6.45, 7) is 0.260. The lowest BCUT2D eigenvalue weighted by atomic mass is 10.1. The van der Waals surface area contributed by atoms with E-state index in [1.165, 1.54) is 18.2 Å². The zero-order chi connectivity index (χ0) is 20.9. The Morgan fingerprint density at radius 3 is 2.50 bits per heavy atom. The molecule has 6 nitrogen and oxygen atoms in total. The molecule has 1 heterocycles. The van der Waals surface area contributed by atoms with Crippen molar-refractivity contribution < 1.29 is 9.72 Å². The molecule has 0 bridgehead atoms. The molecule has 0 unspecified atom stereocenters. The van der Waals surface area contributed by atoms with Crippen LogP contribution in [0.15, 0.2) is 84.2 Å². The summed E-state index contributed by atoms with van der Waals surface area (Å²) < 4.78 is 0. The summed E-state index contributed by atoms with van der Waals surface area (Å²) in [5.74, 6) is -0.478. The quantitative estimate of drug-likeness (QED) is 0.341. The number of benzene rings is 3. The van der Waals surface area contributed by atoms with Crippen LogP contribution in [0.3, 0.4) is 0 Å². The third kappa shape index (κ3) is 4.26. The van der Waals surface area contributed by atoms with Gasteiger partial charge < -0.3 is 5.32 Å². The van der Waals surface area contributed by atoms with Crippen LogP contribution in [0.5, 0.6) is 0 Å². The first-order valence-corrected chi connectivity index (χ1v) is 10.1. The monoisotopic (exact) mass is 415 g/mol. The van der Waals surface area contributed by atoms with Crippen molar-refractivity contribution in [2.45, 2.75) is 6.54 Å². The Bertz CT molecular complexity index is 1210. The van der Waals surface area contributed by atoms with Crippen molar-refractivity contribution in [3.8, 4) is 21.8 Å². The van der Waals surface area contributed by atoms with Gasteiger partial charge in [0.1, 0.15) is 10.6 Å². The fourth-order valence-corrected chi connectivity index (χ4v) is 3.89. The predicted molar refractivity (Wildman–Crippen MR) is 117 cm³/mol. The second-order valence-electron chi connectivity index (χ2n) is 6.56. The number of nitrogens with one attached hydrogen (secondary N) is 1. The fourth-order valence-electron chi connectivity index (χ4n) is 3.06. The Kier molecular flexibility index (Phi) is 5.63. The number of nitro benzene ring substituents is 1. The lowest BCUT2D eigenvalue weighted by molar-refractivity contribution is -0.385. The van der Waals surface area contributed by atoms with Crippen molar-refractivity contribution >= 4 is 22.9 Å². The number of hydrogen-bond acceptors (Lipinski definition) is 5. The molecule has 0 aliphatic rings. The van der Waals surface area contributed by atoms with Crippen LogP contribution in [0.4, 0.5) is 5.69 Å². The van der Waals surface area contributed by atoms with E-state index >= 15 is 0 Å². The zero-order valence-corrected chi connectivity index (χ0v) is 16.6. The molecule has 0 atom stereocenters. The molecule has 3 aromatic carbocycles. The Balaban J connectivity index is 1.49. The van der Waals surface area contributed by atoms with E-state index in [-0.39, 0.29) is 17.8 Å². The Labute approximate surface area is 177 Å². The van der Waals surface area contributed by atoms with Crippen molar-refractivity contribution in [1.29, 1.82) is 0 Å². The normalized spacial score (nSPS) is 10.5. The minimum Gasteiger partial charge on any atom is -0.348 e. The maximum atomic E-state index is 12.4. The van der Waals surface area contributed by atoms with Crippen molar-refractivity contribution in [2.24, 2.45) is 0 Å². The average molecular weight is 415 g/mol. The van der Waals surface area contributed by atoms with Gasteiger partial charge in [-0.2, -0.15) is 0 Å². The van der Waals surface area contributed by atoms with Crippen molar-refractivity contribution in [2.75, 3.05) is 0 Å². The number of nitro groups is 1. The third-order valence-corrected chi connectivity index (χ3v) is 5.44. The standard InChI is InChI=1S/C23H17N3O3S/c27-22(19-11-4-5-12-21(19)26(28)29)24-14-16-7-6-10-18(13-16)23-25-20(15-30-23)17-8-2-1-3-9-17/h1-13,15H,14H2,(H,24,27). The largest absolute Gasteiger partial charge is 0.348 e. The van der Waals surface area contributed by atoms with Crippen molar-refractivity contribution in [3.63, 3.8) is 0 Å². The van der Waals surface area contributed by atoms with Gasteiger partial charge in [-0.3, -0.25) is 14.9 Å². The molecule has 0 aliphatic heterocycles. The van der Waals surface area contributed by atoms with E-state index in [1.54, 1.807) is 17.4 Å². The Hall–Kier alpha value is -3.84. The number of nitrogens with zero attached hydrogens (tertiary/aromatic N) is 2. The first-order chi connectivity index (χ1) is 14.6. The molecule has 4 rings (SSSR count). The number of rotatable bonds is 6.